The summed E-state index contributed by atoms with van der Waals surface area (Å²) in [5, 5.41) is 10.7. The van der Waals surface area contributed by atoms with E-state index in [0.717, 1.165) is 28.0 Å². The zero-order chi connectivity index (χ0) is 18.1. The van der Waals surface area contributed by atoms with Crippen LogP contribution in [0, 0.1) is 0 Å². The van der Waals surface area contributed by atoms with E-state index in [4.69, 9.17) is 4.74 Å². The molecule has 0 unspecified atom stereocenters. The maximum Gasteiger partial charge on any atom is 0.254 e. The number of methoxy groups -OCH3 is 1. The Bertz CT molecular complexity index is 950. The first-order valence-corrected chi connectivity index (χ1v) is 8.87. The standard InChI is InChI=1S/C20H22N4O2/c1-14-11-18-21-22-19(13-26-2)24(18)10-9-23(14)20(25)17-8-7-15-5-3-4-6-16(15)12-17/h3-8,12,14H,9-11,13H2,1-2H3/t14-/m1/s1. The highest BCUT2D eigenvalue weighted by molar-refractivity contribution is 5.98. The van der Waals surface area contributed by atoms with E-state index in [1.165, 1.54) is 0 Å². The van der Waals surface area contributed by atoms with Gasteiger partial charge in [0, 0.05) is 38.2 Å². The highest BCUT2D eigenvalue weighted by Gasteiger charge is 2.27. The number of ether oxygens (including phenoxy) is 1. The molecule has 1 atom stereocenters. The topological polar surface area (TPSA) is 60.3 Å². The van der Waals surface area contributed by atoms with Crippen molar-refractivity contribution in [3.8, 4) is 0 Å². The summed E-state index contributed by atoms with van der Waals surface area (Å²) in [5.74, 6) is 1.79. The number of benzene rings is 2. The van der Waals surface area contributed by atoms with Crippen molar-refractivity contribution < 1.29 is 9.53 Å². The predicted octanol–water partition coefficient (Wildman–Crippen LogP) is 2.66. The fourth-order valence-electron chi connectivity index (χ4n) is 3.61. The van der Waals surface area contributed by atoms with Gasteiger partial charge in [0.05, 0.1) is 0 Å². The molecule has 1 aliphatic heterocycles. The van der Waals surface area contributed by atoms with E-state index in [0.29, 0.717) is 26.1 Å². The molecule has 0 spiro atoms. The summed E-state index contributed by atoms with van der Waals surface area (Å²) >= 11 is 0. The summed E-state index contributed by atoms with van der Waals surface area (Å²) < 4.78 is 7.28. The summed E-state index contributed by atoms with van der Waals surface area (Å²) in [4.78, 5) is 15.1. The molecule has 26 heavy (non-hydrogen) atoms. The molecule has 1 aromatic heterocycles. The quantitative estimate of drug-likeness (QED) is 0.729. The maximum atomic E-state index is 13.1. The Morgan fingerprint density at radius 2 is 1.96 bits per heavy atom. The normalized spacial score (nSPS) is 17.2. The van der Waals surface area contributed by atoms with Crippen LogP contribution in [0.4, 0.5) is 0 Å². The van der Waals surface area contributed by atoms with Crippen molar-refractivity contribution in [3.63, 3.8) is 0 Å². The van der Waals surface area contributed by atoms with E-state index in [-0.39, 0.29) is 11.9 Å². The number of aromatic nitrogens is 3. The highest BCUT2D eigenvalue weighted by Crippen LogP contribution is 2.21. The molecular formula is C20H22N4O2. The van der Waals surface area contributed by atoms with Gasteiger partial charge in [0.1, 0.15) is 12.4 Å². The first-order chi connectivity index (χ1) is 12.7. The molecule has 0 fully saturated rings. The fraction of sp³-hybridized carbons (Fsp3) is 0.350. The number of amides is 1. The van der Waals surface area contributed by atoms with Crippen LogP contribution in [-0.2, 0) is 24.3 Å². The Balaban J connectivity index is 1.59. The lowest BCUT2D eigenvalue weighted by atomic mass is 10.1. The van der Waals surface area contributed by atoms with Crippen molar-refractivity contribution in [2.24, 2.45) is 0 Å². The second-order valence-corrected chi connectivity index (χ2v) is 6.73. The minimum atomic E-state index is 0.0646. The fourth-order valence-corrected chi connectivity index (χ4v) is 3.61. The van der Waals surface area contributed by atoms with Crippen LogP contribution in [0.25, 0.3) is 10.8 Å². The summed E-state index contributed by atoms with van der Waals surface area (Å²) in [5.41, 5.74) is 0.727. The minimum absolute atomic E-state index is 0.0646. The first kappa shape index (κ1) is 16.7. The summed E-state index contributed by atoms with van der Waals surface area (Å²) in [6.45, 7) is 3.82. The molecule has 3 aromatic rings. The Kier molecular flexibility index (Phi) is 4.42. The average Bonchev–Trinajstić information content (AvgIpc) is 2.94. The Hall–Kier alpha value is -2.73. The van der Waals surface area contributed by atoms with Gasteiger partial charge in [-0.05, 0) is 29.8 Å². The van der Waals surface area contributed by atoms with Crippen LogP contribution in [0.15, 0.2) is 42.5 Å². The third-order valence-electron chi connectivity index (χ3n) is 5.01. The lowest BCUT2D eigenvalue weighted by Gasteiger charge is -2.27. The number of fused-ring (bicyclic) bond motifs is 2. The zero-order valence-corrected chi connectivity index (χ0v) is 15.1. The molecule has 0 saturated carbocycles. The Labute approximate surface area is 152 Å². The number of nitrogens with zero attached hydrogens (tertiary/aromatic N) is 4. The van der Waals surface area contributed by atoms with E-state index in [1.807, 2.05) is 41.3 Å². The number of hydrogen-bond acceptors (Lipinski definition) is 4. The molecule has 1 aliphatic rings. The molecule has 6 heteroatoms. The molecule has 0 radical (unpaired) electrons. The number of carbonyl (C=O) groups excluding carboxylic acids is 1. The van der Waals surface area contributed by atoms with Gasteiger partial charge in [0.2, 0.25) is 0 Å². The Morgan fingerprint density at radius 1 is 1.15 bits per heavy atom. The van der Waals surface area contributed by atoms with Crippen LogP contribution in [-0.4, -0.2) is 45.3 Å². The molecule has 2 aromatic carbocycles. The Morgan fingerprint density at radius 3 is 2.77 bits per heavy atom. The molecule has 0 aliphatic carbocycles. The van der Waals surface area contributed by atoms with E-state index in [2.05, 4.69) is 27.8 Å². The van der Waals surface area contributed by atoms with Gasteiger partial charge < -0.3 is 14.2 Å². The smallest absolute Gasteiger partial charge is 0.254 e. The van der Waals surface area contributed by atoms with E-state index in [9.17, 15) is 4.79 Å². The maximum absolute atomic E-state index is 13.1. The van der Waals surface area contributed by atoms with Gasteiger partial charge >= 0.3 is 0 Å². The summed E-state index contributed by atoms with van der Waals surface area (Å²) in [6, 6.07) is 14.1. The molecule has 1 amide bonds. The molecule has 0 N–H and O–H groups in total. The van der Waals surface area contributed by atoms with Crippen LogP contribution in [0.5, 0.6) is 0 Å². The van der Waals surface area contributed by atoms with Crippen LogP contribution in [0.3, 0.4) is 0 Å². The second-order valence-electron chi connectivity index (χ2n) is 6.73. The van der Waals surface area contributed by atoms with E-state index >= 15 is 0 Å². The largest absolute Gasteiger partial charge is 0.377 e. The zero-order valence-electron chi connectivity index (χ0n) is 15.1. The lowest BCUT2D eigenvalue weighted by molar-refractivity contribution is 0.0695. The van der Waals surface area contributed by atoms with E-state index in [1.54, 1.807) is 7.11 Å². The van der Waals surface area contributed by atoms with Crippen molar-refractivity contribution >= 4 is 16.7 Å². The van der Waals surface area contributed by atoms with E-state index < -0.39 is 0 Å². The van der Waals surface area contributed by atoms with Crippen molar-refractivity contribution in [1.29, 1.82) is 0 Å². The van der Waals surface area contributed by atoms with Crippen molar-refractivity contribution in [2.45, 2.75) is 32.5 Å². The van der Waals surface area contributed by atoms with Gasteiger partial charge in [-0.2, -0.15) is 0 Å². The first-order valence-electron chi connectivity index (χ1n) is 8.87. The third kappa shape index (κ3) is 2.97. The van der Waals surface area contributed by atoms with Crippen molar-refractivity contribution in [2.75, 3.05) is 13.7 Å². The number of carbonyl (C=O) groups is 1. The SMILES string of the molecule is COCc1nnc2n1CCN(C(=O)c1ccc3ccccc3c1)[C@H](C)C2. The van der Waals surface area contributed by atoms with Crippen LogP contribution in [0.2, 0.25) is 0 Å². The number of hydrogen-bond donors (Lipinski definition) is 0. The van der Waals surface area contributed by atoms with Gasteiger partial charge in [-0.3, -0.25) is 4.79 Å². The van der Waals surface area contributed by atoms with Gasteiger partial charge in [0.25, 0.3) is 5.91 Å². The minimum Gasteiger partial charge on any atom is -0.377 e. The van der Waals surface area contributed by atoms with Crippen LogP contribution in [0.1, 0.15) is 28.9 Å². The molecule has 0 saturated heterocycles. The molecule has 6 nitrogen and oxygen atoms in total. The highest BCUT2D eigenvalue weighted by atomic mass is 16.5. The third-order valence-corrected chi connectivity index (χ3v) is 5.01. The van der Waals surface area contributed by atoms with Crippen LogP contribution < -0.4 is 0 Å². The predicted molar refractivity (Wildman–Crippen MR) is 98.9 cm³/mol. The van der Waals surface area contributed by atoms with Crippen molar-refractivity contribution in [3.05, 3.63) is 59.7 Å². The van der Waals surface area contributed by atoms with Gasteiger partial charge in [-0.25, -0.2) is 0 Å². The summed E-state index contributed by atoms with van der Waals surface area (Å²) in [7, 11) is 1.65. The van der Waals surface area contributed by atoms with Gasteiger partial charge in [-0.1, -0.05) is 30.3 Å². The molecule has 4 rings (SSSR count). The second kappa shape index (κ2) is 6.88. The van der Waals surface area contributed by atoms with Gasteiger partial charge in [-0.15, -0.1) is 10.2 Å². The summed E-state index contributed by atoms with van der Waals surface area (Å²) in [6.07, 6.45) is 0.691. The average molecular weight is 350 g/mol. The molecule has 0 bridgehead atoms. The molecular weight excluding hydrogens is 328 g/mol. The van der Waals surface area contributed by atoms with Crippen molar-refractivity contribution in [1.82, 2.24) is 19.7 Å². The number of rotatable bonds is 3. The molecule has 2 heterocycles. The monoisotopic (exact) mass is 350 g/mol. The lowest BCUT2D eigenvalue weighted by Crippen LogP contribution is -2.40. The molecule has 134 valence electrons. The van der Waals surface area contributed by atoms with Gasteiger partial charge in [0.15, 0.2) is 5.82 Å². The van der Waals surface area contributed by atoms with Crippen LogP contribution >= 0.6 is 0 Å².